The van der Waals surface area contributed by atoms with Gasteiger partial charge < -0.3 is 15.4 Å². The van der Waals surface area contributed by atoms with Crippen LogP contribution in [-0.2, 0) is 9.53 Å². The van der Waals surface area contributed by atoms with E-state index in [2.05, 4.69) is 11.8 Å². The van der Waals surface area contributed by atoms with Crippen LogP contribution in [0.4, 0.5) is 0 Å². The zero-order chi connectivity index (χ0) is 14.4. The van der Waals surface area contributed by atoms with E-state index in [1.807, 2.05) is 0 Å². The molecule has 20 heavy (non-hydrogen) atoms. The SMILES string of the molecule is CCC(CCN)CCC(=O)N1CCOC2CCCCC21. The first-order chi connectivity index (χ1) is 9.76. The quantitative estimate of drug-likeness (QED) is 0.813. The molecule has 0 aromatic heterocycles. The Kier molecular flexibility index (Phi) is 6.30. The van der Waals surface area contributed by atoms with E-state index in [-0.39, 0.29) is 0 Å². The molecule has 0 bridgehead atoms. The van der Waals surface area contributed by atoms with Gasteiger partial charge in [0.25, 0.3) is 0 Å². The highest BCUT2D eigenvalue weighted by Gasteiger charge is 2.36. The van der Waals surface area contributed by atoms with Gasteiger partial charge in [0.1, 0.15) is 0 Å². The van der Waals surface area contributed by atoms with E-state index in [1.165, 1.54) is 12.8 Å². The first-order valence-electron chi connectivity index (χ1n) is 8.37. The molecule has 1 saturated carbocycles. The summed E-state index contributed by atoms with van der Waals surface area (Å²) >= 11 is 0. The summed E-state index contributed by atoms with van der Waals surface area (Å²) in [7, 11) is 0. The number of nitrogens with two attached hydrogens (primary N) is 1. The molecule has 1 aliphatic heterocycles. The van der Waals surface area contributed by atoms with Gasteiger partial charge >= 0.3 is 0 Å². The van der Waals surface area contributed by atoms with E-state index < -0.39 is 0 Å². The average Bonchev–Trinajstić information content (AvgIpc) is 2.50. The van der Waals surface area contributed by atoms with Gasteiger partial charge in [-0.1, -0.05) is 26.2 Å². The van der Waals surface area contributed by atoms with Crippen LogP contribution < -0.4 is 5.73 Å². The molecule has 3 atom stereocenters. The standard InChI is InChI=1S/C16H30N2O2/c1-2-13(9-10-17)7-8-16(19)18-11-12-20-15-6-4-3-5-14(15)18/h13-15H,2-12,17H2,1H3. The molecule has 4 heteroatoms. The molecular weight excluding hydrogens is 252 g/mol. The highest BCUT2D eigenvalue weighted by molar-refractivity contribution is 5.76. The highest BCUT2D eigenvalue weighted by Crippen LogP contribution is 2.29. The van der Waals surface area contributed by atoms with Gasteiger partial charge in [-0.15, -0.1) is 0 Å². The fourth-order valence-electron chi connectivity index (χ4n) is 3.67. The van der Waals surface area contributed by atoms with Crippen LogP contribution in [0.3, 0.4) is 0 Å². The number of amides is 1. The Morgan fingerprint density at radius 2 is 2.15 bits per heavy atom. The summed E-state index contributed by atoms with van der Waals surface area (Å²) in [5.41, 5.74) is 5.63. The molecule has 4 nitrogen and oxygen atoms in total. The van der Waals surface area contributed by atoms with Gasteiger partial charge in [-0.05, 0) is 38.1 Å². The molecule has 116 valence electrons. The maximum absolute atomic E-state index is 12.5. The van der Waals surface area contributed by atoms with Gasteiger partial charge in [-0.3, -0.25) is 4.79 Å². The van der Waals surface area contributed by atoms with Crippen molar-refractivity contribution in [3.05, 3.63) is 0 Å². The normalized spacial score (nSPS) is 28.0. The molecule has 0 radical (unpaired) electrons. The maximum Gasteiger partial charge on any atom is 0.222 e. The topological polar surface area (TPSA) is 55.6 Å². The molecule has 2 N–H and O–H groups in total. The predicted molar refractivity (Wildman–Crippen MR) is 80.4 cm³/mol. The Morgan fingerprint density at radius 3 is 2.90 bits per heavy atom. The molecule has 2 aliphatic rings. The van der Waals surface area contributed by atoms with Crippen molar-refractivity contribution in [3.8, 4) is 0 Å². The molecule has 0 spiro atoms. The number of carbonyl (C=O) groups is 1. The fourth-order valence-corrected chi connectivity index (χ4v) is 3.67. The number of hydrogen-bond acceptors (Lipinski definition) is 3. The van der Waals surface area contributed by atoms with Crippen molar-refractivity contribution in [2.75, 3.05) is 19.7 Å². The van der Waals surface area contributed by atoms with Gasteiger partial charge in [0.2, 0.25) is 5.91 Å². The monoisotopic (exact) mass is 282 g/mol. The van der Waals surface area contributed by atoms with Crippen LogP contribution in [0.15, 0.2) is 0 Å². The Hall–Kier alpha value is -0.610. The van der Waals surface area contributed by atoms with Crippen LogP contribution in [-0.4, -0.2) is 42.6 Å². The predicted octanol–water partition coefficient (Wildman–Crippen LogP) is 2.31. The van der Waals surface area contributed by atoms with Gasteiger partial charge in [-0.25, -0.2) is 0 Å². The minimum Gasteiger partial charge on any atom is -0.374 e. The Labute approximate surface area is 123 Å². The number of rotatable bonds is 6. The minimum atomic E-state index is 0.299. The van der Waals surface area contributed by atoms with Crippen molar-refractivity contribution in [3.63, 3.8) is 0 Å². The average molecular weight is 282 g/mol. The molecule has 3 unspecified atom stereocenters. The number of nitrogens with zero attached hydrogens (tertiary/aromatic N) is 1. The van der Waals surface area contributed by atoms with Crippen molar-refractivity contribution < 1.29 is 9.53 Å². The van der Waals surface area contributed by atoms with Crippen molar-refractivity contribution in [2.24, 2.45) is 11.7 Å². The lowest BCUT2D eigenvalue weighted by molar-refractivity contribution is -0.149. The van der Waals surface area contributed by atoms with Crippen LogP contribution in [0, 0.1) is 5.92 Å². The highest BCUT2D eigenvalue weighted by atomic mass is 16.5. The second-order valence-corrected chi connectivity index (χ2v) is 6.24. The van der Waals surface area contributed by atoms with Gasteiger partial charge in [0.05, 0.1) is 18.8 Å². The summed E-state index contributed by atoms with van der Waals surface area (Å²) < 4.78 is 5.84. The van der Waals surface area contributed by atoms with E-state index in [9.17, 15) is 4.79 Å². The zero-order valence-corrected chi connectivity index (χ0v) is 12.9. The Bertz CT molecular complexity index is 307. The Balaban J connectivity index is 1.84. The van der Waals surface area contributed by atoms with E-state index in [0.717, 1.165) is 45.2 Å². The molecule has 1 heterocycles. The minimum absolute atomic E-state index is 0.299. The van der Waals surface area contributed by atoms with Crippen molar-refractivity contribution in [1.29, 1.82) is 0 Å². The summed E-state index contributed by atoms with van der Waals surface area (Å²) in [5, 5.41) is 0. The van der Waals surface area contributed by atoms with Gasteiger partial charge in [-0.2, -0.15) is 0 Å². The molecule has 1 saturated heterocycles. The van der Waals surface area contributed by atoms with Crippen molar-refractivity contribution in [2.45, 2.75) is 70.4 Å². The molecule has 1 aliphatic carbocycles. The van der Waals surface area contributed by atoms with Gasteiger partial charge in [0.15, 0.2) is 0 Å². The number of ether oxygens (including phenoxy) is 1. The van der Waals surface area contributed by atoms with E-state index >= 15 is 0 Å². The van der Waals surface area contributed by atoms with Crippen LogP contribution in [0.1, 0.15) is 58.3 Å². The second-order valence-electron chi connectivity index (χ2n) is 6.24. The number of carbonyl (C=O) groups excluding carboxylic acids is 1. The molecular formula is C16H30N2O2. The Morgan fingerprint density at radius 1 is 1.35 bits per heavy atom. The summed E-state index contributed by atoms with van der Waals surface area (Å²) in [5.74, 6) is 0.938. The van der Waals surface area contributed by atoms with Crippen LogP contribution in [0.2, 0.25) is 0 Å². The number of hydrogen-bond donors (Lipinski definition) is 1. The molecule has 2 rings (SSSR count). The summed E-state index contributed by atoms with van der Waals surface area (Å²) in [6.07, 6.45) is 8.86. The third-order valence-corrected chi connectivity index (χ3v) is 4.97. The zero-order valence-electron chi connectivity index (χ0n) is 12.9. The third kappa shape index (κ3) is 3.95. The first-order valence-corrected chi connectivity index (χ1v) is 8.37. The third-order valence-electron chi connectivity index (χ3n) is 4.97. The van der Waals surface area contributed by atoms with Crippen LogP contribution in [0.5, 0.6) is 0 Å². The summed E-state index contributed by atoms with van der Waals surface area (Å²) in [4.78, 5) is 14.6. The summed E-state index contributed by atoms with van der Waals surface area (Å²) in [6.45, 7) is 4.42. The smallest absolute Gasteiger partial charge is 0.222 e. The molecule has 2 fully saturated rings. The van der Waals surface area contributed by atoms with E-state index in [1.54, 1.807) is 0 Å². The first kappa shape index (κ1) is 15.8. The number of morpholine rings is 1. The summed E-state index contributed by atoms with van der Waals surface area (Å²) in [6, 6.07) is 0.347. The van der Waals surface area contributed by atoms with Crippen LogP contribution >= 0.6 is 0 Å². The largest absolute Gasteiger partial charge is 0.374 e. The van der Waals surface area contributed by atoms with E-state index in [4.69, 9.17) is 10.5 Å². The van der Waals surface area contributed by atoms with Crippen molar-refractivity contribution in [1.82, 2.24) is 4.90 Å². The molecule has 0 aromatic rings. The second kappa shape index (κ2) is 7.99. The van der Waals surface area contributed by atoms with Crippen LogP contribution in [0.25, 0.3) is 0 Å². The number of fused-ring (bicyclic) bond motifs is 1. The lowest BCUT2D eigenvalue weighted by Crippen LogP contribution is -2.54. The van der Waals surface area contributed by atoms with Crippen molar-refractivity contribution >= 4 is 5.91 Å². The molecule has 1 amide bonds. The lowest BCUT2D eigenvalue weighted by atomic mass is 9.89. The lowest BCUT2D eigenvalue weighted by Gasteiger charge is -2.44. The molecule has 0 aromatic carbocycles. The fraction of sp³-hybridized carbons (Fsp3) is 0.938. The van der Waals surface area contributed by atoms with E-state index in [0.29, 0.717) is 37.0 Å². The maximum atomic E-state index is 12.5. The van der Waals surface area contributed by atoms with Gasteiger partial charge in [0, 0.05) is 13.0 Å².